The number of carboxylic acids is 1. The molecule has 0 spiro atoms. The molecule has 1 amide bonds. The molecule has 0 bridgehead atoms. The number of halogens is 1. The Kier molecular flexibility index (Phi) is 6.50. The fourth-order valence-corrected chi connectivity index (χ4v) is 5.45. The maximum atomic E-state index is 12.6. The summed E-state index contributed by atoms with van der Waals surface area (Å²) in [6, 6.07) is 15.5. The van der Waals surface area contributed by atoms with Gasteiger partial charge in [-0.05, 0) is 63.5 Å². The Morgan fingerprint density at radius 2 is 1.81 bits per heavy atom. The molecule has 188 valence electrons. The molecule has 1 aliphatic rings. The summed E-state index contributed by atoms with van der Waals surface area (Å²) >= 11 is 2.15. The monoisotopic (exact) mass is 612 g/mol. The number of aryl methyl sites for hydroxylation is 1. The molecule has 1 aliphatic heterocycles. The van der Waals surface area contributed by atoms with Crippen LogP contribution >= 0.6 is 22.6 Å². The fourth-order valence-electron chi connectivity index (χ4n) is 4.34. The highest BCUT2D eigenvalue weighted by molar-refractivity contribution is 14.1. The van der Waals surface area contributed by atoms with E-state index in [2.05, 4.69) is 27.9 Å². The van der Waals surface area contributed by atoms with Crippen LogP contribution in [0.25, 0.3) is 22.2 Å². The Balaban J connectivity index is 1.33. The summed E-state index contributed by atoms with van der Waals surface area (Å²) in [4.78, 5) is 36.6. The predicted molar refractivity (Wildman–Crippen MR) is 143 cm³/mol. The highest BCUT2D eigenvalue weighted by Gasteiger charge is 2.21. The van der Waals surface area contributed by atoms with Gasteiger partial charge in [0.25, 0.3) is 5.91 Å². The van der Waals surface area contributed by atoms with Crippen molar-refractivity contribution in [2.75, 3.05) is 6.79 Å². The Bertz CT molecular complexity index is 1590. The van der Waals surface area contributed by atoms with Crippen LogP contribution in [0.1, 0.15) is 21.5 Å². The summed E-state index contributed by atoms with van der Waals surface area (Å²) in [5.74, 6) is -1.52. The number of hydrogen-bond acceptors (Lipinski definition) is 6. The minimum Gasteiger partial charge on any atom is -0.507 e. The van der Waals surface area contributed by atoms with Gasteiger partial charge in [0.2, 0.25) is 12.6 Å². The summed E-state index contributed by atoms with van der Waals surface area (Å²) < 4.78 is 13.3. The van der Waals surface area contributed by atoms with E-state index in [1.165, 1.54) is 12.1 Å². The molecule has 10 heteroatoms. The largest absolute Gasteiger partial charge is 0.507 e. The lowest BCUT2D eigenvalue weighted by Gasteiger charge is -2.09. The number of nitrogens with one attached hydrogen (secondary N) is 1. The molecule has 0 atom stereocenters. The number of carboxylic acid groups (broad SMARTS) is 1. The van der Waals surface area contributed by atoms with Crippen molar-refractivity contribution in [2.24, 2.45) is 7.05 Å². The van der Waals surface area contributed by atoms with Crippen LogP contribution in [0.15, 0.2) is 54.6 Å². The van der Waals surface area contributed by atoms with Gasteiger partial charge in [0.1, 0.15) is 11.3 Å². The Labute approximate surface area is 224 Å². The van der Waals surface area contributed by atoms with Crippen LogP contribution in [-0.4, -0.2) is 39.2 Å². The third-order valence-corrected chi connectivity index (χ3v) is 7.29. The fraction of sp³-hybridized carbons (Fsp3) is 0.148. The molecular weight excluding hydrogens is 591 g/mol. The van der Waals surface area contributed by atoms with Gasteiger partial charge in [-0.15, -0.1) is 0 Å². The second kappa shape index (κ2) is 9.77. The smallest absolute Gasteiger partial charge is 0.339 e. The number of fused-ring (bicyclic) bond motifs is 2. The number of nitrogens with zero attached hydrogens (tertiary/aromatic N) is 1. The number of hydrogen-bond donors (Lipinski definition) is 3. The van der Waals surface area contributed by atoms with Crippen LogP contribution in [0.5, 0.6) is 17.2 Å². The average Bonchev–Trinajstić information content (AvgIpc) is 3.43. The Morgan fingerprint density at radius 3 is 2.59 bits per heavy atom. The third kappa shape index (κ3) is 4.71. The van der Waals surface area contributed by atoms with Crippen molar-refractivity contribution in [3.63, 3.8) is 0 Å². The summed E-state index contributed by atoms with van der Waals surface area (Å²) in [5.41, 5.74) is 3.55. The van der Waals surface area contributed by atoms with Crippen molar-refractivity contribution >= 4 is 51.2 Å². The number of aromatic nitrogens is 1. The van der Waals surface area contributed by atoms with Crippen molar-refractivity contribution < 1.29 is 34.1 Å². The second-order valence-corrected chi connectivity index (χ2v) is 9.66. The number of phenols is 1. The lowest BCUT2D eigenvalue weighted by atomic mass is 10.0. The molecule has 0 saturated carbocycles. The highest BCUT2D eigenvalue weighted by Crippen LogP contribution is 2.37. The number of aromatic carboxylic acids is 1. The van der Waals surface area contributed by atoms with Crippen LogP contribution < -0.4 is 14.8 Å². The molecule has 1 aromatic heterocycles. The number of benzene rings is 3. The van der Waals surface area contributed by atoms with Gasteiger partial charge >= 0.3 is 5.97 Å². The zero-order valence-corrected chi connectivity index (χ0v) is 21.7. The summed E-state index contributed by atoms with van der Waals surface area (Å²) in [6.07, 6.45) is -0.0781. The van der Waals surface area contributed by atoms with E-state index in [9.17, 15) is 24.6 Å². The van der Waals surface area contributed by atoms with Crippen molar-refractivity contribution in [1.29, 1.82) is 0 Å². The number of rotatable bonds is 7. The molecule has 0 unspecified atom stereocenters. The molecule has 3 aromatic carbocycles. The number of carbonyl (C=O) groups excluding carboxylic acids is 2. The molecule has 0 saturated heterocycles. The van der Waals surface area contributed by atoms with Gasteiger partial charge in [-0.3, -0.25) is 9.59 Å². The summed E-state index contributed by atoms with van der Waals surface area (Å²) in [7, 11) is 1.82. The minimum atomic E-state index is -1.21. The number of amides is 1. The molecule has 0 radical (unpaired) electrons. The lowest BCUT2D eigenvalue weighted by Crippen LogP contribution is -2.31. The lowest BCUT2D eigenvalue weighted by molar-refractivity contribution is -0.137. The summed E-state index contributed by atoms with van der Waals surface area (Å²) in [5, 5.41) is 22.9. The van der Waals surface area contributed by atoms with Crippen LogP contribution in [0, 0.1) is 3.57 Å². The van der Waals surface area contributed by atoms with Crippen molar-refractivity contribution in [3.8, 4) is 28.5 Å². The first-order chi connectivity index (χ1) is 17.7. The molecule has 37 heavy (non-hydrogen) atoms. The van der Waals surface area contributed by atoms with Crippen molar-refractivity contribution in [3.05, 3.63) is 74.9 Å². The Hall–Kier alpha value is -4.06. The van der Waals surface area contributed by atoms with E-state index in [0.717, 1.165) is 20.4 Å². The van der Waals surface area contributed by atoms with Gasteiger partial charge in [-0.2, -0.15) is 0 Å². The van der Waals surface area contributed by atoms with Gasteiger partial charge in [0, 0.05) is 35.0 Å². The van der Waals surface area contributed by atoms with Crippen molar-refractivity contribution in [2.45, 2.75) is 13.0 Å². The number of aromatic hydroxyl groups is 1. The van der Waals surface area contributed by atoms with E-state index in [-0.39, 0.29) is 31.1 Å². The molecule has 3 N–H and O–H groups in total. The van der Waals surface area contributed by atoms with Crippen LogP contribution in [0.4, 0.5) is 0 Å². The third-order valence-electron chi connectivity index (χ3n) is 6.19. The quantitative estimate of drug-likeness (QED) is 0.213. The molecule has 9 nitrogen and oxygen atoms in total. The van der Waals surface area contributed by atoms with Gasteiger partial charge in [-0.25, -0.2) is 4.79 Å². The zero-order valence-electron chi connectivity index (χ0n) is 19.6. The van der Waals surface area contributed by atoms with Gasteiger partial charge in [0.05, 0.1) is 11.2 Å². The molecule has 5 rings (SSSR count). The maximum Gasteiger partial charge on any atom is 0.339 e. The maximum absolute atomic E-state index is 12.6. The van der Waals surface area contributed by atoms with E-state index >= 15 is 0 Å². The average molecular weight is 612 g/mol. The van der Waals surface area contributed by atoms with E-state index in [4.69, 9.17) is 9.47 Å². The van der Waals surface area contributed by atoms with E-state index in [1.807, 2.05) is 23.7 Å². The van der Waals surface area contributed by atoms with Gasteiger partial charge < -0.3 is 29.6 Å². The number of ketones is 1. The molecular formula is C27H21IN2O7. The van der Waals surface area contributed by atoms with E-state index in [1.54, 1.807) is 30.3 Å². The molecule has 4 aromatic rings. The standard InChI is InChI=1S/C27H21IN2O7/c1-30-19-11-20(31)18(27(34)35)10-17(19)24(28)25(30)16-4-2-3-14(7-16)8-21(32)26(33)29-12-15-5-6-22-23(9-15)37-13-36-22/h2-7,9-11,31H,8,12-13H2,1H3,(H,29,33)(H,34,35). The Morgan fingerprint density at radius 1 is 1.03 bits per heavy atom. The van der Waals surface area contributed by atoms with E-state index < -0.39 is 17.7 Å². The molecule has 0 aliphatic carbocycles. The normalized spacial score (nSPS) is 12.1. The first-order valence-corrected chi connectivity index (χ1v) is 12.3. The predicted octanol–water partition coefficient (Wildman–Crippen LogP) is 4.01. The highest BCUT2D eigenvalue weighted by atomic mass is 127. The first-order valence-electron chi connectivity index (χ1n) is 11.3. The van der Waals surface area contributed by atoms with Crippen molar-refractivity contribution in [1.82, 2.24) is 9.88 Å². The first kappa shape index (κ1) is 24.6. The second-order valence-electron chi connectivity index (χ2n) is 8.58. The molecule has 2 heterocycles. The van der Waals surface area contributed by atoms with Crippen LogP contribution in [-0.2, 0) is 29.6 Å². The van der Waals surface area contributed by atoms with Gasteiger partial charge in [0.15, 0.2) is 11.5 Å². The topological polar surface area (TPSA) is 127 Å². The number of carbonyl (C=O) groups is 3. The van der Waals surface area contributed by atoms with E-state index in [0.29, 0.717) is 28.0 Å². The molecule has 0 fully saturated rings. The number of ether oxygens (including phenoxy) is 2. The minimum absolute atomic E-state index is 0.0781. The zero-order chi connectivity index (χ0) is 26.3. The van der Waals surface area contributed by atoms with Gasteiger partial charge in [-0.1, -0.05) is 24.3 Å². The SMILES string of the molecule is Cn1c(-c2cccc(CC(=O)C(=O)NCc3ccc4c(c3)OCO4)c2)c(I)c2cc(C(=O)O)c(O)cc21. The van der Waals surface area contributed by atoms with Crippen LogP contribution in [0.3, 0.4) is 0 Å². The summed E-state index contributed by atoms with van der Waals surface area (Å²) in [6.45, 7) is 0.340. The van der Waals surface area contributed by atoms with Crippen LogP contribution in [0.2, 0.25) is 0 Å². The number of Topliss-reactive ketones (excluding diaryl/α,β-unsaturated/α-hetero) is 1.